The molecule has 82 valence electrons. The van der Waals surface area contributed by atoms with Gasteiger partial charge in [0.2, 0.25) is 0 Å². The van der Waals surface area contributed by atoms with E-state index < -0.39 is 0 Å². The average molecular weight is 205 g/mol. The number of pyridine rings is 1. The van der Waals surface area contributed by atoms with Crippen LogP contribution in [0.25, 0.3) is 0 Å². The highest BCUT2D eigenvalue weighted by Crippen LogP contribution is 2.03. The molecule has 2 rings (SSSR count). The van der Waals surface area contributed by atoms with Crippen molar-refractivity contribution in [1.82, 2.24) is 15.6 Å². The lowest BCUT2D eigenvalue weighted by atomic mass is 10.1. The van der Waals surface area contributed by atoms with E-state index >= 15 is 0 Å². The van der Waals surface area contributed by atoms with Crippen molar-refractivity contribution < 1.29 is 0 Å². The molecule has 0 aromatic carbocycles. The zero-order valence-corrected chi connectivity index (χ0v) is 9.29. The third-order valence-electron chi connectivity index (χ3n) is 2.81. The standard InChI is InChI=1S/C12H19N3/c1-10-4-2-5-12(15-10)9-14-11-6-3-7-13-8-11/h2,4-5,11,13-14H,3,6-9H2,1H3. The Bertz CT molecular complexity index is 305. The normalized spacial score (nSPS) is 21.5. The second kappa shape index (κ2) is 5.24. The van der Waals surface area contributed by atoms with E-state index in [1.807, 2.05) is 13.0 Å². The fourth-order valence-corrected chi connectivity index (χ4v) is 1.97. The lowest BCUT2D eigenvalue weighted by Gasteiger charge is -2.23. The Labute approximate surface area is 91.3 Å². The van der Waals surface area contributed by atoms with Crippen LogP contribution in [0.1, 0.15) is 24.2 Å². The van der Waals surface area contributed by atoms with Gasteiger partial charge in [0, 0.05) is 24.8 Å². The topological polar surface area (TPSA) is 37.0 Å². The molecule has 0 saturated carbocycles. The summed E-state index contributed by atoms with van der Waals surface area (Å²) >= 11 is 0. The number of rotatable bonds is 3. The van der Waals surface area contributed by atoms with Crippen molar-refractivity contribution in [2.75, 3.05) is 13.1 Å². The van der Waals surface area contributed by atoms with E-state index in [9.17, 15) is 0 Å². The van der Waals surface area contributed by atoms with E-state index in [1.54, 1.807) is 0 Å². The molecular weight excluding hydrogens is 186 g/mol. The van der Waals surface area contributed by atoms with Crippen LogP contribution in [-0.2, 0) is 6.54 Å². The molecule has 3 heteroatoms. The highest BCUT2D eigenvalue weighted by Gasteiger charge is 2.11. The maximum atomic E-state index is 4.47. The summed E-state index contributed by atoms with van der Waals surface area (Å²) in [6, 6.07) is 6.79. The first kappa shape index (κ1) is 10.6. The van der Waals surface area contributed by atoms with Crippen molar-refractivity contribution in [3.63, 3.8) is 0 Å². The zero-order valence-electron chi connectivity index (χ0n) is 9.29. The molecule has 2 heterocycles. The van der Waals surface area contributed by atoms with E-state index in [-0.39, 0.29) is 0 Å². The lowest BCUT2D eigenvalue weighted by molar-refractivity contribution is 0.387. The molecule has 0 bridgehead atoms. The van der Waals surface area contributed by atoms with Gasteiger partial charge in [-0.1, -0.05) is 6.07 Å². The number of nitrogens with one attached hydrogen (secondary N) is 2. The molecule has 2 N–H and O–H groups in total. The first-order valence-electron chi connectivity index (χ1n) is 5.71. The second-order valence-electron chi connectivity index (χ2n) is 4.19. The quantitative estimate of drug-likeness (QED) is 0.779. The molecule has 1 saturated heterocycles. The largest absolute Gasteiger partial charge is 0.315 e. The molecule has 0 amide bonds. The number of hydrogen-bond donors (Lipinski definition) is 2. The van der Waals surface area contributed by atoms with Gasteiger partial charge in [0.15, 0.2) is 0 Å². The van der Waals surface area contributed by atoms with E-state index in [0.29, 0.717) is 6.04 Å². The minimum Gasteiger partial charge on any atom is -0.315 e. The van der Waals surface area contributed by atoms with Crippen LogP contribution in [0.5, 0.6) is 0 Å². The predicted molar refractivity (Wildman–Crippen MR) is 61.7 cm³/mol. The van der Waals surface area contributed by atoms with Gasteiger partial charge in [0.1, 0.15) is 0 Å². The molecule has 0 radical (unpaired) electrons. The number of hydrogen-bond acceptors (Lipinski definition) is 3. The molecular formula is C12H19N3. The van der Waals surface area contributed by atoms with Crippen LogP contribution in [0.4, 0.5) is 0 Å². The summed E-state index contributed by atoms with van der Waals surface area (Å²) in [6.07, 6.45) is 2.55. The second-order valence-corrected chi connectivity index (χ2v) is 4.19. The van der Waals surface area contributed by atoms with Gasteiger partial charge in [0.25, 0.3) is 0 Å². The number of aromatic nitrogens is 1. The van der Waals surface area contributed by atoms with Gasteiger partial charge in [-0.25, -0.2) is 0 Å². The molecule has 1 aliphatic rings. The van der Waals surface area contributed by atoms with Gasteiger partial charge in [0.05, 0.1) is 5.69 Å². The van der Waals surface area contributed by atoms with Crippen molar-refractivity contribution in [1.29, 1.82) is 0 Å². The molecule has 1 unspecified atom stereocenters. The van der Waals surface area contributed by atoms with Crippen LogP contribution in [-0.4, -0.2) is 24.1 Å². The SMILES string of the molecule is Cc1cccc(CNC2CCCNC2)n1. The Morgan fingerprint density at radius 2 is 2.47 bits per heavy atom. The fraction of sp³-hybridized carbons (Fsp3) is 0.583. The van der Waals surface area contributed by atoms with Gasteiger partial charge in [-0.15, -0.1) is 0 Å². The average Bonchev–Trinajstić information content (AvgIpc) is 2.28. The molecule has 1 aliphatic heterocycles. The Morgan fingerprint density at radius 1 is 1.53 bits per heavy atom. The minimum absolute atomic E-state index is 0.612. The molecule has 15 heavy (non-hydrogen) atoms. The molecule has 1 aromatic rings. The summed E-state index contributed by atoms with van der Waals surface area (Å²) in [5, 5.41) is 6.94. The first-order valence-corrected chi connectivity index (χ1v) is 5.71. The molecule has 0 aliphatic carbocycles. The summed E-state index contributed by atoms with van der Waals surface area (Å²) in [4.78, 5) is 4.47. The van der Waals surface area contributed by atoms with Crippen LogP contribution >= 0.6 is 0 Å². The maximum absolute atomic E-state index is 4.47. The van der Waals surface area contributed by atoms with Gasteiger partial charge >= 0.3 is 0 Å². The molecule has 1 fully saturated rings. The Kier molecular flexibility index (Phi) is 3.69. The molecule has 1 aromatic heterocycles. The maximum Gasteiger partial charge on any atom is 0.0544 e. The third kappa shape index (κ3) is 3.29. The van der Waals surface area contributed by atoms with Crippen LogP contribution in [0.3, 0.4) is 0 Å². The summed E-state index contributed by atoms with van der Waals surface area (Å²) in [5.41, 5.74) is 2.23. The van der Waals surface area contributed by atoms with Crippen molar-refractivity contribution in [2.24, 2.45) is 0 Å². The van der Waals surface area contributed by atoms with E-state index in [0.717, 1.165) is 24.5 Å². The molecule has 1 atom stereocenters. The monoisotopic (exact) mass is 205 g/mol. The number of piperidine rings is 1. The number of nitrogens with zero attached hydrogens (tertiary/aromatic N) is 1. The van der Waals surface area contributed by atoms with Crippen molar-refractivity contribution in [2.45, 2.75) is 32.4 Å². The van der Waals surface area contributed by atoms with Crippen molar-refractivity contribution >= 4 is 0 Å². The van der Waals surface area contributed by atoms with Gasteiger partial charge < -0.3 is 10.6 Å². The van der Waals surface area contributed by atoms with E-state index in [2.05, 4.69) is 27.8 Å². The van der Waals surface area contributed by atoms with Crippen LogP contribution in [0.15, 0.2) is 18.2 Å². The highest BCUT2D eigenvalue weighted by atomic mass is 15.0. The van der Waals surface area contributed by atoms with Crippen LogP contribution < -0.4 is 10.6 Å². The van der Waals surface area contributed by atoms with E-state index in [4.69, 9.17) is 0 Å². The van der Waals surface area contributed by atoms with Gasteiger partial charge in [-0.05, 0) is 38.4 Å². The Balaban J connectivity index is 1.81. The van der Waals surface area contributed by atoms with Crippen molar-refractivity contribution in [3.05, 3.63) is 29.6 Å². The Hall–Kier alpha value is -0.930. The lowest BCUT2D eigenvalue weighted by Crippen LogP contribution is -2.42. The van der Waals surface area contributed by atoms with Crippen LogP contribution in [0.2, 0.25) is 0 Å². The zero-order chi connectivity index (χ0) is 10.5. The van der Waals surface area contributed by atoms with Gasteiger partial charge in [-0.2, -0.15) is 0 Å². The summed E-state index contributed by atoms with van der Waals surface area (Å²) in [5.74, 6) is 0. The molecule has 0 spiro atoms. The van der Waals surface area contributed by atoms with Crippen molar-refractivity contribution in [3.8, 4) is 0 Å². The fourth-order valence-electron chi connectivity index (χ4n) is 1.97. The smallest absolute Gasteiger partial charge is 0.0544 e. The van der Waals surface area contributed by atoms with E-state index in [1.165, 1.54) is 19.4 Å². The summed E-state index contributed by atoms with van der Waals surface area (Å²) < 4.78 is 0. The summed E-state index contributed by atoms with van der Waals surface area (Å²) in [6.45, 7) is 5.17. The predicted octanol–water partition coefficient (Wildman–Crippen LogP) is 1.23. The van der Waals surface area contributed by atoms with Crippen LogP contribution in [0, 0.1) is 6.92 Å². The Morgan fingerprint density at radius 3 is 3.20 bits per heavy atom. The first-order chi connectivity index (χ1) is 7.34. The van der Waals surface area contributed by atoms with Gasteiger partial charge in [-0.3, -0.25) is 4.98 Å². The highest BCUT2D eigenvalue weighted by molar-refractivity contribution is 5.09. The third-order valence-corrected chi connectivity index (χ3v) is 2.81. The summed E-state index contributed by atoms with van der Waals surface area (Å²) in [7, 11) is 0. The minimum atomic E-state index is 0.612. The molecule has 3 nitrogen and oxygen atoms in total. The number of aryl methyl sites for hydroxylation is 1.